The second kappa shape index (κ2) is 12.1. The van der Waals surface area contributed by atoms with Gasteiger partial charge in [0.25, 0.3) is 0 Å². The van der Waals surface area contributed by atoms with Gasteiger partial charge in [-0.3, -0.25) is 14.4 Å². The van der Waals surface area contributed by atoms with E-state index in [0.29, 0.717) is 37.6 Å². The van der Waals surface area contributed by atoms with Crippen molar-refractivity contribution in [1.29, 1.82) is 0 Å². The van der Waals surface area contributed by atoms with E-state index in [9.17, 15) is 19.5 Å². The summed E-state index contributed by atoms with van der Waals surface area (Å²) in [6.07, 6.45) is 8.89. The van der Waals surface area contributed by atoms with Crippen molar-refractivity contribution in [2.45, 2.75) is 104 Å². The fraction of sp³-hybridized carbons (Fsp3) is 0.649. The summed E-state index contributed by atoms with van der Waals surface area (Å²) in [5.74, 6) is -1.72. The minimum absolute atomic E-state index is 0.0530. The molecule has 4 heterocycles. The molecule has 5 rings (SSSR count). The van der Waals surface area contributed by atoms with Crippen LogP contribution in [-0.4, -0.2) is 87.8 Å². The monoisotopic (exact) mass is 635 g/mol. The maximum Gasteiger partial charge on any atom is 0.249 e. The van der Waals surface area contributed by atoms with Gasteiger partial charge in [0.2, 0.25) is 17.7 Å². The molecule has 46 heavy (non-hydrogen) atoms. The SMILES string of the molecule is CCOc1ccc(N2CC=C[C@@]3(C)O[C@]45C=CCN(C(C)(C)CC(C)(C)C)C(=O)C4N([C@@H](CO)CC(C)C)C(=O)[C@@H]5[C@H]3C2=O)cc1. The van der Waals surface area contributed by atoms with E-state index in [1.807, 2.05) is 81.2 Å². The van der Waals surface area contributed by atoms with Gasteiger partial charge in [-0.25, -0.2) is 0 Å². The van der Waals surface area contributed by atoms with Crippen LogP contribution in [0.15, 0.2) is 48.6 Å². The number of likely N-dealkylation sites (tertiary alicyclic amines) is 1. The number of anilines is 1. The molecule has 3 amide bonds. The minimum Gasteiger partial charge on any atom is -0.494 e. The van der Waals surface area contributed by atoms with E-state index < -0.39 is 40.7 Å². The molecule has 0 aromatic heterocycles. The molecule has 252 valence electrons. The zero-order chi connectivity index (χ0) is 33.8. The molecule has 2 saturated heterocycles. The smallest absolute Gasteiger partial charge is 0.249 e. The predicted octanol–water partition coefficient (Wildman–Crippen LogP) is 4.98. The van der Waals surface area contributed by atoms with Gasteiger partial charge in [0.05, 0.1) is 36.7 Å². The van der Waals surface area contributed by atoms with Crippen molar-refractivity contribution in [3.8, 4) is 5.75 Å². The predicted molar refractivity (Wildman–Crippen MR) is 178 cm³/mol. The Morgan fingerprint density at radius 3 is 2.20 bits per heavy atom. The molecule has 1 aromatic carbocycles. The molecule has 1 aromatic rings. The zero-order valence-corrected chi connectivity index (χ0v) is 29.1. The molecule has 1 unspecified atom stereocenters. The van der Waals surface area contributed by atoms with Gasteiger partial charge in [-0.15, -0.1) is 0 Å². The van der Waals surface area contributed by atoms with Crippen LogP contribution >= 0.6 is 0 Å². The first-order valence-electron chi connectivity index (χ1n) is 16.8. The summed E-state index contributed by atoms with van der Waals surface area (Å²) in [5, 5.41) is 10.7. The third-order valence-corrected chi connectivity index (χ3v) is 10.00. The number of fused-ring (bicyclic) bond motifs is 2. The first kappa shape index (κ1) is 34.2. The number of rotatable bonds is 9. The first-order valence-corrected chi connectivity index (χ1v) is 16.8. The van der Waals surface area contributed by atoms with Crippen LogP contribution < -0.4 is 9.64 Å². The molecule has 4 aliphatic heterocycles. The highest BCUT2D eigenvalue weighted by Crippen LogP contribution is 2.58. The van der Waals surface area contributed by atoms with Crippen LogP contribution in [0.5, 0.6) is 5.75 Å². The summed E-state index contributed by atoms with van der Waals surface area (Å²) in [6, 6.07) is 5.75. The van der Waals surface area contributed by atoms with Gasteiger partial charge < -0.3 is 29.3 Å². The van der Waals surface area contributed by atoms with Crippen LogP contribution in [0.4, 0.5) is 5.69 Å². The number of ether oxygens (including phenoxy) is 2. The zero-order valence-electron chi connectivity index (χ0n) is 29.1. The third-order valence-electron chi connectivity index (χ3n) is 10.00. The lowest BCUT2D eigenvalue weighted by atomic mass is 9.74. The standard InChI is InChI=1S/C37H53N3O6/c1-10-45-27-15-13-25(14-16-27)38-19-11-17-36(9)28(31(38)42)29-32(43)40(26(22-41)21-24(2)3)30-33(44)39(20-12-18-37(29,30)46-36)35(7,8)23-34(4,5)6/h11-18,24,26,28-30,41H,10,19-23H2,1-9H3/t26-,28+,29+,30?,36-,37+/m1/s1. The largest absolute Gasteiger partial charge is 0.494 e. The quantitative estimate of drug-likeness (QED) is 0.385. The van der Waals surface area contributed by atoms with E-state index in [1.165, 1.54) is 0 Å². The lowest BCUT2D eigenvalue weighted by molar-refractivity contribution is -0.158. The van der Waals surface area contributed by atoms with Crippen LogP contribution in [-0.2, 0) is 19.1 Å². The van der Waals surface area contributed by atoms with Gasteiger partial charge >= 0.3 is 0 Å². The Bertz CT molecular complexity index is 1390. The maximum absolute atomic E-state index is 15.0. The Morgan fingerprint density at radius 1 is 0.957 bits per heavy atom. The number of aliphatic hydroxyl groups is 1. The molecule has 1 N–H and O–H groups in total. The van der Waals surface area contributed by atoms with E-state index in [-0.39, 0.29) is 35.7 Å². The molecule has 1 spiro atoms. The van der Waals surface area contributed by atoms with Crippen molar-refractivity contribution >= 4 is 23.4 Å². The van der Waals surface area contributed by atoms with Crippen LogP contribution in [0.25, 0.3) is 0 Å². The Balaban J connectivity index is 1.63. The van der Waals surface area contributed by atoms with Crippen molar-refractivity contribution < 1.29 is 29.0 Å². The van der Waals surface area contributed by atoms with E-state index in [2.05, 4.69) is 34.6 Å². The molecule has 6 atom stereocenters. The summed E-state index contributed by atoms with van der Waals surface area (Å²) >= 11 is 0. The molecule has 9 heteroatoms. The summed E-state index contributed by atoms with van der Waals surface area (Å²) in [7, 11) is 0. The number of carbonyl (C=O) groups is 3. The van der Waals surface area contributed by atoms with Gasteiger partial charge in [0.15, 0.2) is 0 Å². The fourth-order valence-corrected chi connectivity index (χ4v) is 8.73. The first-order chi connectivity index (χ1) is 21.5. The van der Waals surface area contributed by atoms with E-state index in [1.54, 1.807) is 9.80 Å². The Kier molecular flexibility index (Phi) is 9.01. The van der Waals surface area contributed by atoms with Crippen LogP contribution in [0.2, 0.25) is 0 Å². The summed E-state index contributed by atoms with van der Waals surface area (Å²) in [6.45, 7) is 19.4. The number of benzene rings is 1. The van der Waals surface area contributed by atoms with Crippen molar-refractivity contribution in [2.75, 3.05) is 31.2 Å². The number of amides is 3. The average Bonchev–Trinajstić information content (AvgIpc) is 3.22. The topological polar surface area (TPSA) is 99.6 Å². The molecule has 0 bridgehead atoms. The average molecular weight is 636 g/mol. The second-order valence-electron chi connectivity index (χ2n) is 15.9. The van der Waals surface area contributed by atoms with Gasteiger partial charge in [-0.2, -0.15) is 0 Å². The normalized spacial score (nSPS) is 30.4. The summed E-state index contributed by atoms with van der Waals surface area (Å²) in [4.78, 5) is 49.8. The molecular formula is C37H53N3O6. The summed E-state index contributed by atoms with van der Waals surface area (Å²) < 4.78 is 12.6. The van der Waals surface area contributed by atoms with Crippen molar-refractivity contribution in [3.63, 3.8) is 0 Å². The van der Waals surface area contributed by atoms with Gasteiger partial charge in [-0.1, -0.05) is 58.9 Å². The highest BCUT2D eigenvalue weighted by Gasteiger charge is 2.75. The lowest BCUT2D eigenvalue weighted by Crippen LogP contribution is -2.62. The van der Waals surface area contributed by atoms with Gasteiger partial charge in [-0.05, 0) is 76.1 Å². The van der Waals surface area contributed by atoms with Crippen molar-refractivity contribution in [2.24, 2.45) is 23.2 Å². The molecule has 2 fully saturated rings. The van der Waals surface area contributed by atoms with Gasteiger partial charge in [0.1, 0.15) is 17.4 Å². The highest BCUT2D eigenvalue weighted by atomic mass is 16.5. The maximum atomic E-state index is 15.0. The van der Waals surface area contributed by atoms with Crippen molar-refractivity contribution in [1.82, 2.24) is 9.80 Å². The van der Waals surface area contributed by atoms with Crippen LogP contribution in [0, 0.1) is 23.2 Å². The summed E-state index contributed by atoms with van der Waals surface area (Å²) in [5.41, 5.74) is -2.40. The van der Waals surface area contributed by atoms with E-state index in [4.69, 9.17) is 9.47 Å². The number of nitrogens with zero attached hydrogens (tertiary/aromatic N) is 3. The number of aliphatic hydroxyl groups excluding tert-OH is 1. The Morgan fingerprint density at radius 2 is 1.61 bits per heavy atom. The number of hydrogen-bond acceptors (Lipinski definition) is 6. The second-order valence-corrected chi connectivity index (χ2v) is 15.9. The minimum atomic E-state index is -1.38. The van der Waals surface area contributed by atoms with Gasteiger partial charge in [0, 0.05) is 24.3 Å². The molecular weight excluding hydrogens is 582 g/mol. The number of carbonyl (C=O) groups excluding carboxylic acids is 3. The van der Waals surface area contributed by atoms with Crippen LogP contribution in [0.1, 0.15) is 75.2 Å². The Labute approximate surface area is 274 Å². The third kappa shape index (κ3) is 5.78. The molecule has 4 aliphatic rings. The van der Waals surface area contributed by atoms with Crippen molar-refractivity contribution in [3.05, 3.63) is 48.6 Å². The lowest BCUT2D eigenvalue weighted by Gasteiger charge is -2.46. The van der Waals surface area contributed by atoms with E-state index >= 15 is 0 Å². The Hall–Kier alpha value is -3.17. The van der Waals surface area contributed by atoms with Crippen LogP contribution in [0.3, 0.4) is 0 Å². The molecule has 0 aliphatic carbocycles. The fourth-order valence-electron chi connectivity index (χ4n) is 8.73. The van der Waals surface area contributed by atoms with E-state index in [0.717, 1.165) is 6.42 Å². The number of hydrogen-bond donors (Lipinski definition) is 1. The highest BCUT2D eigenvalue weighted by molar-refractivity contribution is 6.04. The molecule has 0 radical (unpaired) electrons. The molecule has 0 saturated carbocycles. The molecule has 9 nitrogen and oxygen atoms in total.